The van der Waals surface area contributed by atoms with Gasteiger partial charge in [0.15, 0.2) is 11.1 Å². The zero-order chi connectivity index (χ0) is 6.57. The van der Waals surface area contributed by atoms with Crippen molar-refractivity contribution in [3.63, 3.8) is 0 Å². The molecule has 0 rings (SSSR count). The van der Waals surface area contributed by atoms with Crippen molar-refractivity contribution < 1.29 is 8.39 Å². The summed E-state index contributed by atoms with van der Waals surface area (Å²) in [5.74, 6) is 1.09. The maximum Gasteiger partial charge on any atom is 0.155 e. The summed E-state index contributed by atoms with van der Waals surface area (Å²) in [4.78, 5) is 0. The molecule has 0 amide bonds. The van der Waals surface area contributed by atoms with Crippen LogP contribution in [0.3, 0.4) is 0 Å². The molecule has 1 atom stereocenters. The molecule has 0 fully saturated rings. The average molecular weight is 136 g/mol. The minimum atomic E-state index is -1.06. The average Bonchev–Trinajstić information content (AvgIpc) is 1.65. The Morgan fingerprint density at radius 3 is 2.25 bits per heavy atom. The van der Waals surface area contributed by atoms with Gasteiger partial charge in [0.25, 0.3) is 0 Å². The van der Waals surface area contributed by atoms with Gasteiger partial charge in [0.1, 0.15) is 0 Å². The molecular weight excluding hydrogens is 124 g/mol. The first kappa shape index (κ1) is 8.11. The van der Waals surface area contributed by atoms with E-state index in [1.54, 1.807) is 0 Å². The van der Waals surface area contributed by atoms with Crippen molar-refractivity contribution in [2.45, 2.75) is 13.8 Å². The molecule has 0 N–H and O–H groups in total. The van der Waals surface area contributed by atoms with E-state index in [0.717, 1.165) is 0 Å². The van der Waals surface area contributed by atoms with Gasteiger partial charge in [-0.1, -0.05) is 13.8 Å². The molecule has 0 saturated heterocycles. The zero-order valence-electron chi connectivity index (χ0n) is 5.51. The van der Waals surface area contributed by atoms with Gasteiger partial charge in [-0.15, -0.1) is 0 Å². The van der Waals surface area contributed by atoms with E-state index in [2.05, 4.69) is 4.18 Å². The first-order chi connectivity index (χ1) is 3.66. The fraction of sp³-hybridized carbons (Fsp3) is 1.00. The zero-order valence-corrected chi connectivity index (χ0v) is 6.33. The smallest absolute Gasteiger partial charge is 0.155 e. The number of hydrogen-bond acceptors (Lipinski definition) is 2. The van der Waals surface area contributed by atoms with E-state index in [1.165, 1.54) is 7.11 Å². The summed E-state index contributed by atoms with van der Waals surface area (Å²) in [6, 6.07) is 0. The molecule has 0 aromatic carbocycles. The highest BCUT2D eigenvalue weighted by Gasteiger charge is 1.99. The minimum Gasteiger partial charge on any atom is -0.294 e. The Morgan fingerprint density at radius 1 is 1.62 bits per heavy atom. The van der Waals surface area contributed by atoms with Gasteiger partial charge in [0, 0.05) is 0 Å². The van der Waals surface area contributed by atoms with Crippen molar-refractivity contribution in [3.8, 4) is 0 Å². The summed E-state index contributed by atoms with van der Waals surface area (Å²) in [6.45, 7) is 4.02. The fourth-order valence-corrected chi connectivity index (χ4v) is 1.02. The molecule has 2 nitrogen and oxygen atoms in total. The van der Waals surface area contributed by atoms with Gasteiger partial charge in [0.2, 0.25) is 0 Å². The topological polar surface area (TPSA) is 26.3 Å². The predicted octanol–water partition coefficient (Wildman–Crippen LogP) is 0.953. The largest absolute Gasteiger partial charge is 0.294 e. The standard InChI is InChI=1S/C5H12O2S/c1-5(2)4-8(6)7-3/h5H,4H2,1-3H3. The van der Waals surface area contributed by atoms with Crippen LogP contribution in [-0.2, 0) is 15.3 Å². The molecule has 8 heavy (non-hydrogen) atoms. The molecule has 1 unspecified atom stereocenters. The Bertz CT molecular complexity index is 80.5. The van der Waals surface area contributed by atoms with Crippen LogP contribution in [0.5, 0.6) is 0 Å². The van der Waals surface area contributed by atoms with E-state index in [-0.39, 0.29) is 0 Å². The van der Waals surface area contributed by atoms with Gasteiger partial charge in [-0.05, 0) is 5.92 Å². The Hall–Kier alpha value is 0.110. The lowest BCUT2D eigenvalue weighted by Gasteiger charge is -1.99. The third-order valence-corrected chi connectivity index (χ3v) is 1.97. The van der Waals surface area contributed by atoms with Crippen LogP contribution >= 0.6 is 0 Å². The van der Waals surface area contributed by atoms with Crippen LogP contribution in [0.2, 0.25) is 0 Å². The van der Waals surface area contributed by atoms with Crippen LogP contribution in [-0.4, -0.2) is 17.1 Å². The lowest BCUT2D eigenvalue weighted by atomic mass is 10.3. The summed E-state index contributed by atoms with van der Waals surface area (Å²) in [6.07, 6.45) is 0. The molecule has 0 spiro atoms. The van der Waals surface area contributed by atoms with Gasteiger partial charge < -0.3 is 0 Å². The quantitative estimate of drug-likeness (QED) is 0.577. The molecule has 0 aromatic rings. The van der Waals surface area contributed by atoms with Gasteiger partial charge in [-0.2, -0.15) is 0 Å². The molecule has 0 aromatic heterocycles. The van der Waals surface area contributed by atoms with E-state index in [1.807, 2.05) is 13.8 Å². The summed E-state index contributed by atoms with van der Waals surface area (Å²) < 4.78 is 15.0. The van der Waals surface area contributed by atoms with Crippen LogP contribution in [0.25, 0.3) is 0 Å². The Labute approximate surface area is 52.9 Å². The highest BCUT2D eigenvalue weighted by atomic mass is 32.2. The number of hydrogen-bond donors (Lipinski definition) is 0. The summed E-state index contributed by atoms with van der Waals surface area (Å²) >= 11 is -1.06. The first-order valence-corrected chi connectivity index (χ1v) is 3.84. The third-order valence-electron chi connectivity index (χ3n) is 0.655. The van der Waals surface area contributed by atoms with Crippen molar-refractivity contribution in [1.29, 1.82) is 0 Å². The third kappa shape index (κ3) is 4.27. The Balaban J connectivity index is 3.25. The van der Waals surface area contributed by atoms with Gasteiger partial charge in [-0.25, -0.2) is 4.21 Å². The lowest BCUT2D eigenvalue weighted by molar-refractivity contribution is 0.440. The van der Waals surface area contributed by atoms with Gasteiger partial charge >= 0.3 is 0 Å². The van der Waals surface area contributed by atoms with E-state index in [0.29, 0.717) is 11.7 Å². The van der Waals surface area contributed by atoms with E-state index in [9.17, 15) is 4.21 Å². The van der Waals surface area contributed by atoms with Gasteiger partial charge in [0.05, 0.1) is 12.9 Å². The lowest BCUT2D eigenvalue weighted by Crippen LogP contribution is -2.04. The second-order valence-corrected chi connectivity index (χ2v) is 3.31. The molecule has 50 valence electrons. The fourth-order valence-electron chi connectivity index (χ4n) is 0.340. The second kappa shape index (κ2) is 4.04. The highest BCUT2D eigenvalue weighted by Crippen LogP contribution is 1.94. The molecule has 0 aliphatic rings. The Morgan fingerprint density at radius 2 is 2.12 bits per heavy atom. The van der Waals surface area contributed by atoms with Crippen LogP contribution < -0.4 is 0 Å². The SMILES string of the molecule is COS(=O)CC(C)C. The molecule has 3 heteroatoms. The summed E-state index contributed by atoms with van der Waals surface area (Å²) in [5.41, 5.74) is 0. The highest BCUT2D eigenvalue weighted by molar-refractivity contribution is 7.80. The molecule has 0 aliphatic carbocycles. The molecule has 0 aliphatic heterocycles. The molecule has 0 saturated carbocycles. The monoisotopic (exact) mass is 136 g/mol. The predicted molar refractivity (Wildman–Crippen MR) is 34.9 cm³/mol. The molecular formula is C5H12O2S. The second-order valence-electron chi connectivity index (χ2n) is 2.03. The van der Waals surface area contributed by atoms with Crippen molar-refractivity contribution >= 4 is 11.1 Å². The van der Waals surface area contributed by atoms with E-state index < -0.39 is 11.1 Å². The molecule has 0 radical (unpaired) electrons. The van der Waals surface area contributed by atoms with E-state index in [4.69, 9.17) is 0 Å². The molecule has 0 bridgehead atoms. The van der Waals surface area contributed by atoms with Crippen LogP contribution in [0.1, 0.15) is 13.8 Å². The van der Waals surface area contributed by atoms with Crippen molar-refractivity contribution in [2.24, 2.45) is 5.92 Å². The van der Waals surface area contributed by atoms with Crippen LogP contribution in [0, 0.1) is 5.92 Å². The summed E-state index contributed by atoms with van der Waals surface area (Å²) in [7, 11) is 1.46. The molecule has 0 heterocycles. The van der Waals surface area contributed by atoms with Crippen molar-refractivity contribution in [3.05, 3.63) is 0 Å². The van der Waals surface area contributed by atoms with Crippen molar-refractivity contribution in [2.75, 3.05) is 12.9 Å². The Kier molecular flexibility index (Phi) is 4.09. The minimum absolute atomic E-state index is 0.454. The van der Waals surface area contributed by atoms with Gasteiger partial charge in [-0.3, -0.25) is 4.18 Å². The number of rotatable bonds is 3. The van der Waals surface area contributed by atoms with Crippen LogP contribution in [0.15, 0.2) is 0 Å². The maximum absolute atomic E-state index is 10.5. The summed E-state index contributed by atoms with van der Waals surface area (Å²) in [5, 5.41) is 0. The van der Waals surface area contributed by atoms with E-state index >= 15 is 0 Å². The van der Waals surface area contributed by atoms with Crippen molar-refractivity contribution in [1.82, 2.24) is 0 Å². The maximum atomic E-state index is 10.5. The normalized spacial score (nSPS) is 14.5. The first-order valence-electron chi connectivity index (χ1n) is 2.59. The van der Waals surface area contributed by atoms with Crippen LogP contribution in [0.4, 0.5) is 0 Å².